The predicted molar refractivity (Wildman–Crippen MR) is 111 cm³/mol. The molecular weight excluding hydrogens is 377 g/mol. The SMILES string of the molecule is C=CN(/C=C(\C)NC(=C)c1cnc(CC)c(N)c1)Cc1cccc(C(F)(F)F)c1. The Hall–Kier alpha value is -3.22. The minimum atomic E-state index is -4.37. The Labute approximate surface area is 169 Å². The highest BCUT2D eigenvalue weighted by Gasteiger charge is 2.30. The van der Waals surface area contributed by atoms with Crippen molar-refractivity contribution < 1.29 is 13.2 Å². The summed E-state index contributed by atoms with van der Waals surface area (Å²) in [4.78, 5) is 6.01. The van der Waals surface area contributed by atoms with E-state index in [0.29, 0.717) is 16.9 Å². The van der Waals surface area contributed by atoms with Gasteiger partial charge in [-0.15, -0.1) is 0 Å². The lowest BCUT2D eigenvalue weighted by Crippen LogP contribution is -2.16. The lowest BCUT2D eigenvalue weighted by Gasteiger charge is -2.19. The molecule has 0 saturated heterocycles. The van der Waals surface area contributed by atoms with Gasteiger partial charge in [-0.05, 0) is 43.3 Å². The highest BCUT2D eigenvalue weighted by Crippen LogP contribution is 2.29. The first-order valence-electron chi connectivity index (χ1n) is 9.07. The molecule has 2 aromatic rings. The van der Waals surface area contributed by atoms with E-state index in [0.717, 1.165) is 35.5 Å². The van der Waals surface area contributed by atoms with E-state index in [1.165, 1.54) is 6.07 Å². The van der Waals surface area contributed by atoms with E-state index in [9.17, 15) is 13.2 Å². The Balaban J connectivity index is 2.09. The molecule has 0 saturated carbocycles. The van der Waals surface area contributed by atoms with Crippen LogP contribution < -0.4 is 11.1 Å². The Morgan fingerprint density at radius 3 is 2.62 bits per heavy atom. The summed E-state index contributed by atoms with van der Waals surface area (Å²) in [6.07, 6.45) is 1.36. The van der Waals surface area contributed by atoms with Gasteiger partial charge in [-0.2, -0.15) is 13.2 Å². The number of aromatic nitrogens is 1. The molecule has 1 heterocycles. The van der Waals surface area contributed by atoms with Gasteiger partial charge in [0.2, 0.25) is 0 Å². The zero-order valence-electron chi connectivity index (χ0n) is 16.6. The van der Waals surface area contributed by atoms with Gasteiger partial charge in [0, 0.05) is 35.9 Å². The number of hydrogen-bond acceptors (Lipinski definition) is 4. The number of hydrogen-bond donors (Lipinski definition) is 2. The molecule has 0 aliphatic heterocycles. The zero-order chi connectivity index (χ0) is 21.6. The van der Waals surface area contributed by atoms with Gasteiger partial charge in [0.25, 0.3) is 0 Å². The van der Waals surface area contributed by atoms with Crippen molar-refractivity contribution in [3.05, 3.63) is 90.2 Å². The van der Waals surface area contributed by atoms with Gasteiger partial charge in [-0.25, -0.2) is 0 Å². The molecular formula is C22H25F3N4. The van der Waals surface area contributed by atoms with E-state index < -0.39 is 11.7 Å². The molecule has 0 bridgehead atoms. The van der Waals surface area contributed by atoms with E-state index >= 15 is 0 Å². The molecule has 0 atom stereocenters. The molecule has 2 rings (SSSR count). The smallest absolute Gasteiger partial charge is 0.397 e. The number of nitrogen functional groups attached to an aromatic ring is 1. The maximum absolute atomic E-state index is 12.9. The van der Waals surface area contributed by atoms with Crippen LogP contribution in [0.3, 0.4) is 0 Å². The topological polar surface area (TPSA) is 54.2 Å². The Morgan fingerprint density at radius 2 is 2.03 bits per heavy atom. The fourth-order valence-corrected chi connectivity index (χ4v) is 2.78. The lowest BCUT2D eigenvalue weighted by molar-refractivity contribution is -0.137. The van der Waals surface area contributed by atoms with Crippen molar-refractivity contribution in [1.82, 2.24) is 15.2 Å². The van der Waals surface area contributed by atoms with Crippen molar-refractivity contribution in [1.29, 1.82) is 0 Å². The number of halogens is 3. The summed E-state index contributed by atoms with van der Waals surface area (Å²) in [7, 11) is 0. The van der Waals surface area contributed by atoms with Gasteiger partial charge < -0.3 is 16.0 Å². The van der Waals surface area contributed by atoms with Crippen LogP contribution in [-0.2, 0) is 19.1 Å². The summed E-state index contributed by atoms with van der Waals surface area (Å²) in [5.41, 5.74) is 9.37. The number of alkyl halides is 3. The molecule has 3 N–H and O–H groups in total. The second-order valence-electron chi connectivity index (χ2n) is 6.58. The summed E-state index contributed by atoms with van der Waals surface area (Å²) in [6.45, 7) is 11.8. The Bertz CT molecular complexity index is 917. The molecule has 1 aromatic heterocycles. The second-order valence-corrected chi connectivity index (χ2v) is 6.58. The number of nitrogens with two attached hydrogens (primary N) is 1. The summed E-state index contributed by atoms with van der Waals surface area (Å²) >= 11 is 0. The summed E-state index contributed by atoms with van der Waals surface area (Å²) in [5.74, 6) is 0. The molecule has 29 heavy (non-hydrogen) atoms. The third-order valence-electron chi connectivity index (χ3n) is 4.25. The number of nitrogens with zero attached hydrogens (tertiary/aromatic N) is 2. The van der Waals surface area contributed by atoms with Crippen LogP contribution in [0.1, 0.15) is 36.2 Å². The molecule has 0 unspecified atom stereocenters. The summed E-state index contributed by atoms with van der Waals surface area (Å²) in [6, 6.07) is 7.04. The van der Waals surface area contributed by atoms with Crippen LogP contribution in [0.15, 0.2) is 67.8 Å². The fourth-order valence-electron chi connectivity index (χ4n) is 2.78. The minimum Gasteiger partial charge on any atom is -0.397 e. The number of nitrogens with one attached hydrogen (secondary N) is 1. The van der Waals surface area contributed by atoms with Crippen LogP contribution >= 0.6 is 0 Å². The first-order chi connectivity index (χ1) is 13.6. The average molecular weight is 402 g/mol. The first-order valence-corrected chi connectivity index (χ1v) is 9.07. The van der Waals surface area contributed by atoms with E-state index in [1.807, 2.05) is 19.9 Å². The highest BCUT2D eigenvalue weighted by atomic mass is 19.4. The van der Waals surface area contributed by atoms with E-state index in [2.05, 4.69) is 23.5 Å². The largest absolute Gasteiger partial charge is 0.416 e. The van der Waals surface area contributed by atoms with Crippen molar-refractivity contribution in [3.8, 4) is 0 Å². The van der Waals surface area contributed by atoms with Gasteiger partial charge in [0.15, 0.2) is 0 Å². The summed E-state index contributed by atoms with van der Waals surface area (Å²) < 4.78 is 38.7. The molecule has 0 amide bonds. The highest BCUT2D eigenvalue weighted by molar-refractivity contribution is 5.66. The Morgan fingerprint density at radius 1 is 1.31 bits per heavy atom. The standard InChI is InChI=1S/C22H25F3N4/c1-5-21-20(26)11-18(12-27-21)16(4)28-15(3)13-29(6-2)14-17-8-7-9-19(10-17)22(23,24)25/h6-13,28H,2,4-5,14,26H2,1,3H3/b15-13+. The van der Waals surface area contributed by atoms with E-state index in [4.69, 9.17) is 5.73 Å². The molecule has 0 fully saturated rings. The van der Waals surface area contributed by atoms with Crippen molar-refractivity contribution >= 4 is 11.4 Å². The van der Waals surface area contributed by atoms with Crippen molar-refractivity contribution in [2.75, 3.05) is 5.73 Å². The van der Waals surface area contributed by atoms with Crippen LogP contribution in [0.5, 0.6) is 0 Å². The quantitative estimate of drug-likeness (QED) is 0.628. The van der Waals surface area contributed by atoms with Crippen LogP contribution in [-0.4, -0.2) is 9.88 Å². The van der Waals surface area contributed by atoms with Gasteiger partial charge >= 0.3 is 6.18 Å². The fraction of sp³-hybridized carbons (Fsp3) is 0.227. The van der Waals surface area contributed by atoms with Crippen LogP contribution in [0.4, 0.5) is 18.9 Å². The van der Waals surface area contributed by atoms with Crippen molar-refractivity contribution in [2.24, 2.45) is 0 Å². The lowest BCUT2D eigenvalue weighted by atomic mass is 10.1. The van der Waals surface area contributed by atoms with Crippen LogP contribution in [0.2, 0.25) is 0 Å². The van der Waals surface area contributed by atoms with Crippen LogP contribution in [0.25, 0.3) is 5.70 Å². The normalized spacial score (nSPS) is 11.8. The maximum atomic E-state index is 12.9. The third-order valence-corrected chi connectivity index (χ3v) is 4.25. The van der Waals surface area contributed by atoms with Gasteiger partial charge in [-0.3, -0.25) is 4.98 Å². The molecule has 154 valence electrons. The molecule has 7 heteroatoms. The predicted octanol–water partition coefficient (Wildman–Crippen LogP) is 5.31. The van der Waals surface area contributed by atoms with Gasteiger partial charge in [-0.1, -0.05) is 32.2 Å². The molecule has 0 aliphatic carbocycles. The number of anilines is 1. The second kappa shape index (κ2) is 9.32. The van der Waals surface area contributed by atoms with Crippen molar-refractivity contribution in [3.63, 3.8) is 0 Å². The number of benzene rings is 1. The third kappa shape index (κ3) is 6.14. The minimum absolute atomic E-state index is 0.249. The molecule has 0 aliphatic rings. The summed E-state index contributed by atoms with van der Waals surface area (Å²) in [5, 5.41) is 3.15. The first kappa shape index (κ1) is 22.1. The number of pyridine rings is 1. The average Bonchev–Trinajstić information content (AvgIpc) is 2.66. The van der Waals surface area contributed by atoms with E-state index in [-0.39, 0.29) is 6.54 Å². The number of rotatable bonds is 8. The number of allylic oxidation sites excluding steroid dienone is 1. The molecule has 4 nitrogen and oxygen atoms in total. The molecule has 0 spiro atoms. The number of aryl methyl sites for hydroxylation is 1. The van der Waals surface area contributed by atoms with Gasteiger partial charge in [0.05, 0.1) is 16.9 Å². The van der Waals surface area contributed by atoms with Gasteiger partial charge in [0.1, 0.15) is 0 Å². The molecule has 1 aromatic carbocycles. The maximum Gasteiger partial charge on any atom is 0.416 e. The van der Waals surface area contributed by atoms with E-state index in [1.54, 1.807) is 29.6 Å². The van der Waals surface area contributed by atoms with Crippen LogP contribution in [0, 0.1) is 0 Å². The monoisotopic (exact) mass is 402 g/mol. The van der Waals surface area contributed by atoms with Crippen molar-refractivity contribution in [2.45, 2.75) is 33.0 Å². The molecule has 0 radical (unpaired) electrons. The Kier molecular flexibility index (Phi) is 7.09. The zero-order valence-corrected chi connectivity index (χ0v) is 16.6.